The predicted octanol–water partition coefficient (Wildman–Crippen LogP) is 4.15. The Kier molecular flexibility index (Phi) is 8.51. The highest BCUT2D eigenvalue weighted by Crippen LogP contribution is 2.64. The van der Waals surface area contributed by atoms with Crippen LogP contribution in [-0.2, 0) is 30.3 Å². The number of amides is 2. The number of hydrogen-bond donors (Lipinski definition) is 1. The summed E-state index contributed by atoms with van der Waals surface area (Å²) in [6, 6.07) is 7.95. The number of hydrogen-bond acceptors (Lipinski definition) is 6. The van der Waals surface area contributed by atoms with Crippen molar-refractivity contribution in [2.45, 2.75) is 103 Å². The number of carbonyl (C=O) groups excluding carboxylic acids is 3. The van der Waals surface area contributed by atoms with E-state index in [0.717, 1.165) is 5.56 Å². The van der Waals surface area contributed by atoms with Crippen LogP contribution in [-0.4, -0.2) is 81.3 Å². The maximum atomic E-state index is 14.9. The highest BCUT2D eigenvalue weighted by Gasteiger charge is 2.79. The Morgan fingerprint density at radius 1 is 1.22 bits per heavy atom. The van der Waals surface area contributed by atoms with Crippen LogP contribution in [0.3, 0.4) is 0 Å². The summed E-state index contributed by atoms with van der Waals surface area (Å²) in [6.07, 6.45) is 3.79. The molecule has 3 saturated heterocycles. The fourth-order valence-electron chi connectivity index (χ4n) is 8.07. The number of carbonyl (C=O) groups is 3. The number of benzene rings is 1. The number of ether oxygens (including phenoxy) is 2. The number of aliphatic hydroxyl groups is 1. The van der Waals surface area contributed by atoms with Gasteiger partial charge < -0.3 is 24.4 Å². The summed E-state index contributed by atoms with van der Waals surface area (Å²) >= 11 is 0. The first-order chi connectivity index (χ1) is 19.2. The lowest BCUT2D eigenvalue weighted by Gasteiger charge is -2.46. The van der Waals surface area contributed by atoms with Crippen LogP contribution in [0.5, 0.6) is 0 Å². The summed E-state index contributed by atoms with van der Waals surface area (Å²) in [5.41, 5.74) is -1.80. The first kappa shape index (κ1) is 31.2. The molecular formula is C33H48N2O6. The summed E-state index contributed by atoms with van der Waals surface area (Å²) in [5.74, 6) is -2.73. The summed E-state index contributed by atoms with van der Waals surface area (Å²) in [5, 5.41) is 10.7. The lowest BCUT2D eigenvalue weighted by molar-refractivity contribution is -0.163. The van der Waals surface area contributed by atoms with Gasteiger partial charge in [-0.2, -0.15) is 0 Å². The molecule has 41 heavy (non-hydrogen) atoms. The molecule has 2 unspecified atom stereocenters. The fraction of sp³-hybridized carbons (Fsp3) is 0.667. The van der Waals surface area contributed by atoms with Gasteiger partial charge in [0.1, 0.15) is 17.6 Å². The van der Waals surface area contributed by atoms with E-state index in [1.807, 2.05) is 51.1 Å². The topological polar surface area (TPSA) is 96.4 Å². The van der Waals surface area contributed by atoms with Crippen molar-refractivity contribution in [1.82, 2.24) is 9.80 Å². The molecule has 2 amide bonds. The average molecular weight is 569 g/mol. The zero-order valence-corrected chi connectivity index (χ0v) is 25.8. The van der Waals surface area contributed by atoms with Crippen LogP contribution in [0.2, 0.25) is 0 Å². The van der Waals surface area contributed by atoms with E-state index in [4.69, 9.17) is 9.47 Å². The molecular weight excluding hydrogens is 520 g/mol. The maximum absolute atomic E-state index is 14.9. The lowest BCUT2D eigenvalue weighted by Crippen LogP contribution is -2.62. The zero-order chi connectivity index (χ0) is 30.4. The number of fused-ring (bicyclic) bond motifs is 1. The molecule has 8 heteroatoms. The third-order valence-corrected chi connectivity index (χ3v) is 9.18. The van der Waals surface area contributed by atoms with Crippen molar-refractivity contribution in [3.8, 4) is 0 Å². The SMILES string of the molecule is C=CCN(C(=O)C1N([C@@H](CO)Cc2ccccc2)C(=O)[C@@H]2[C@H](C(=O)OCC)[C@]3(C)CCC12O3)C(C)(C)CC(C)(C)C. The molecule has 0 aliphatic carbocycles. The molecule has 6 atom stereocenters. The largest absolute Gasteiger partial charge is 0.466 e. The van der Waals surface area contributed by atoms with E-state index in [9.17, 15) is 19.5 Å². The standard InChI is InChI=1S/C33H48N2O6/c1-9-18-34(31(6,7)21-30(3,4)5)28(38)26-33-17-16-32(8,41-33)25(29(39)40-10-2)24(33)27(37)35(26)23(20-36)19-22-14-12-11-13-15-22/h9,11-15,23-26,36H,1,10,16-21H2,2-8H3/t23-,24+,25-,26?,32+,33?/m1/s1. The van der Waals surface area contributed by atoms with Gasteiger partial charge in [0.15, 0.2) is 0 Å². The van der Waals surface area contributed by atoms with Crippen LogP contribution in [0.4, 0.5) is 0 Å². The molecule has 1 aromatic rings. The summed E-state index contributed by atoms with van der Waals surface area (Å²) in [7, 11) is 0. The molecule has 3 fully saturated rings. The normalized spacial score (nSPS) is 29.8. The Hall–Kier alpha value is -2.71. The second kappa shape index (κ2) is 11.2. The molecule has 1 spiro atoms. The quantitative estimate of drug-likeness (QED) is 0.318. The van der Waals surface area contributed by atoms with Gasteiger partial charge in [-0.05, 0) is 64.4 Å². The summed E-state index contributed by atoms with van der Waals surface area (Å²) < 4.78 is 12.2. The molecule has 3 aliphatic heterocycles. The Bertz CT molecular complexity index is 1160. The van der Waals surface area contributed by atoms with Crippen LogP contribution in [0.25, 0.3) is 0 Å². The minimum atomic E-state index is -1.19. The van der Waals surface area contributed by atoms with Crippen molar-refractivity contribution in [2.75, 3.05) is 19.8 Å². The van der Waals surface area contributed by atoms with Crippen LogP contribution in [0, 0.1) is 17.3 Å². The third-order valence-electron chi connectivity index (χ3n) is 9.18. The van der Waals surface area contributed by atoms with E-state index in [2.05, 4.69) is 27.4 Å². The first-order valence-electron chi connectivity index (χ1n) is 14.9. The second-order valence-electron chi connectivity index (χ2n) is 14.0. The van der Waals surface area contributed by atoms with Gasteiger partial charge in [0, 0.05) is 12.1 Å². The van der Waals surface area contributed by atoms with Crippen molar-refractivity contribution < 1.29 is 29.0 Å². The van der Waals surface area contributed by atoms with E-state index in [1.165, 1.54) is 0 Å². The lowest BCUT2D eigenvalue weighted by atomic mass is 9.66. The van der Waals surface area contributed by atoms with Gasteiger partial charge >= 0.3 is 5.97 Å². The molecule has 3 heterocycles. The zero-order valence-electron chi connectivity index (χ0n) is 25.8. The molecule has 2 bridgehead atoms. The monoisotopic (exact) mass is 568 g/mol. The Labute approximate surface area is 245 Å². The molecule has 1 aromatic carbocycles. The number of aliphatic hydroxyl groups excluding tert-OH is 1. The van der Waals surface area contributed by atoms with Crippen LogP contribution >= 0.6 is 0 Å². The van der Waals surface area contributed by atoms with Gasteiger partial charge in [0.25, 0.3) is 0 Å². The Morgan fingerprint density at radius 3 is 2.44 bits per heavy atom. The van der Waals surface area contributed by atoms with Crippen molar-refractivity contribution in [2.24, 2.45) is 17.3 Å². The Morgan fingerprint density at radius 2 is 1.88 bits per heavy atom. The number of nitrogens with zero attached hydrogens (tertiary/aromatic N) is 2. The van der Waals surface area contributed by atoms with E-state index in [0.29, 0.717) is 32.2 Å². The van der Waals surface area contributed by atoms with Gasteiger partial charge in [-0.25, -0.2) is 0 Å². The van der Waals surface area contributed by atoms with Crippen molar-refractivity contribution in [1.29, 1.82) is 0 Å². The number of esters is 1. The van der Waals surface area contributed by atoms with Crippen LogP contribution < -0.4 is 0 Å². The first-order valence-corrected chi connectivity index (χ1v) is 14.9. The smallest absolute Gasteiger partial charge is 0.312 e. The molecule has 226 valence electrons. The van der Waals surface area contributed by atoms with Crippen LogP contribution in [0.15, 0.2) is 43.0 Å². The van der Waals surface area contributed by atoms with Crippen molar-refractivity contribution >= 4 is 17.8 Å². The third kappa shape index (κ3) is 5.45. The van der Waals surface area contributed by atoms with E-state index in [1.54, 1.807) is 22.8 Å². The van der Waals surface area contributed by atoms with Crippen molar-refractivity contribution in [3.63, 3.8) is 0 Å². The van der Waals surface area contributed by atoms with Crippen molar-refractivity contribution in [3.05, 3.63) is 48.6 Å². The summed E-state index contributed by atoms with van der Waals surface area (Å²) in [4.78, 5) is 46.2. The molecule has 0 radical (unpaired) electrons. The van der Waals surface area contributed by atoms with Gasteiger partial charge in [-0.3, -0.25) is 14.4 Å². The van der Waals surface area contributed by atoms with Crippen LogP contribution in [0.1, 0.15) is 73.3 Å². The highest BCUT2D eigenvalue weighted by atomic mass is 16.6. The summed E-state index contributed by atoms with van der Waals surface area (Å²) in [6.45, 7) is 18.2. The van der Waals surface area contributed by atoms with E-state index in [-0.39, 0.29) is 30.4 Å². The number of likely N-dealkylation sites (tertiary alicyclic amines) is 1. The average Bonchev–Trinajstić information content (AvgIpc) is 3.45. The molecule has 8 nitrogen and oxygen atoms in total. The molecule has 0 aromatic heterocycles. The highest BCUT2D eigenvalue weighted by molar-refractivity contribution is 5.99. The minimum Gasteiger partial charge on any atom is -0.466 e. The predicted molar refractivity (Wildman–Crippen MR) is 157 cm³/mol. The van der Waals surface area contributed by atoms with E-state index < -0.39 is 46.6 Å². The second-order valence-corrected chi connectivity index (χ2v) is 14.0. The van der Waals surface area contributed by atoms with E-state index >= 15 is 0 Å². The minimum absolute atomic E-state index is 0.0685. The van der Waals surface area contributed by atoms with Gasteiger partial charge in [0.2, 0.25) is 11.8 Å². The molecule has 1 N–H and O–H groups in total. The van der Waals surface area contributed by atoms with Gasteiger partial charge in [-0.1, -0.05) is 57.2 Å². The maximum Gasteiger partial charge on any atom is 0.312 e. The van der Waals surface area contributed by atoms with Gasteiger partial charge in [0.05, 0.1) is 30.8 Å². The molecule has 3 aliphatic rings. The van der Waals surface area contributed by atoms with Gasteiger partial charge in [-0.15, -0.1) is 6.58 Å². The molecule has 4 rings (SSSR count). The molecule has 0 saturated carbocycles. The Balaban J connectivity index is 1.85. The fourth-order valence-corrected chi connectivity index (χ4v) is 8.07. The number of rotatable bonds is 11.